The second kappa shape index (κ2) is 5.70. The summed E-state index contributed by atoms with van der Waals surface area (Å²) in [6.45, 7) is -0.111. The minimum Gasteiger partial charge on any atom is -0.495 e. The number of esters is 1. The van der Waals surface area contributed by atoms with Crippen LogP contribution in [0.4, 0.5) is 0 Å². The van der Waals surface area contributed by atoms with Crippen molar-refractivity contribution in [3.05, 3.63) is 11.8 Å². The number of hydrogen-bond donors (Lipinski definition) is 2. The summed E-state index contributed by atoms with van der Waals surface area (Å²) in [5, 5.41) is 18.8. The molecule has 0 saturated carbocycles. The van der Waals surface area contributed by atoms with E-state index in [2.05, 4.69) is 4.74 Å². The van der Waals surface area contributed by atoms with Crippen LogP contribution in [-0.2, 0) is 23.9 Å². The summed E-state index contributed by atoms with van der Waals surface area (Å²) in [5.41, 5.74) is -2.33. The number of ether oxygens (including phenoxy) is 2. The monoisotopic (exact) mass is 273 g/mol. The number of methoxy groups -OCH3 is 2. The van der Waals surface area contributed by atoms with Gasteiger partial charge in [-0.3, -0.25) is 14.5 Å². The number of hydrogen-bond acceptors (Lipinski definition) is 6. The third-order valence-electron chi connectivity index (χ3n) is 2.72. The van der Waals surface area contributed by atoms with Crippen molar-refractivity contribution in [2.75, 3.05) is 20.8 Å². The maximum Gasteiger partial charge on any atom is 0.368 e. The molecule has 1 aliphatic heterocycles. The molecule has 2 N–H and O–H groups in total. The van der Waals surface area contributed by atoms with E-state index in [1.165, 1.54) is 7.11 Å². The Balaban J connectivity index is 2.92. The molecule has 0 fully saturated rings. The molecule has 106 valence electrons. The first kappa shape index (κ1) is 15.0. The van der Waals surface area contributed by atoms with E-state index < -0.39 is 23.6 Å². The molecule has 0 bridgehead atoms. The maximum atomic E-state index is 11.7. The van der Waals surface area contributed by atoms with Gasteiger partial charge >= 0.3 is 17.7 Å². The van der Waals surface area contributed by atoms with Crippen molar-refractivity contribution >= 4 is 17.8 Å². The van der Waals surface area contributed by atoms with Crippen molar-refractivity contribution in [2.24, 2.45) is 0 Å². The van der Waals surface area contributed by atoms with Crippen molar-refractivity contribution in [3.8, 4) is 0 Å². The topological polar surface area (TPSA) is 113 Å². The molecule has 1 aliphatic rings. The fourth-order valence-corrected chi connectivity index (χ4v) is 1.80. The summed E-state index contributed by atoms with van der Waals surface area (Å²) in [6, 6.07) is 0. The van der Waals surface area contributed by atoms with Gasteiger partial charge in [0.15, 0.2) is 5.76 Å². The molecule has 0 aromatic heterocycles. The predicted molar refractivity (Wildman–Crippen MR) is 60.6 cm³/mol. The number of aliphatic hydroxyl groups is 1. The van der Waals surface area contributed by atoms with Gasteiger partial charge in [0.05, 0.1) is 14.2 Å². The molecule has 0 aromatic rings. The van der Waals surface area contributed by atoms with Crippen LogP contribution in [0.5, 0.6) is 0 Å². The standard InChI is InChI=1S/C11H15NO7/c1-18-7-6-8(13)12(5-3-4-9(14)15)11(7,17)10(16)19-2/h6,17H,3-5H2,1-2H3,(H,14,15). The maximum absolute atomic E-state index is 11.7. The predicted octanol–water partition coefficient (Wildman–Crippen LogP) is -0.915. The number of aliphatic carboxylic acids is 1. The Bertz CT molecular complexity index is 431. The highest BCUT2D eigenvalue weighted by molar-refractivity contribution is 5.99. The highest BCUT2D eigenvalue weighted by Crippen LogP contribution is 2.31. The smallest absolute Gasteiger partial charge is 0.368 e. The van der Waals surface area contributed by atoms with Gasteiger partial charge in [-0.2, -0.15) is 0 Å². The first-order valence-electron chi connectivity index (χ1n) is 5.48. The summed E-state index contributed by atoms with van der Waals surface area (Å²) < 4.78 is 9.26. The molecule has 0 aromatic carbocycles. The molecule has 1 atom stereocenters. The number of carbonyl (C=O) groups excluding carboxylic acids is 2. The van der Waals surface area contributed by atoms with Gasteiger partial charge in [-0.25, -0.2) is 4.79 Å². The minimum absolute atomic E-state index is 0.0885. The third kappa shape index (κ3) is 2.68. The minimum atomic E-state index is -2.33. The number of nitrogens with zero attached hydrogens (tertiary/aromatic N) is 1. The Morgan fingerprint density at radius 1 is 1.42 bits per heavy atom. The molecule has 8 nitrogen and oxygen atoms in total. The fourth-order valence-electron chi connectivity index (χ4n) is 1.80. The van der Waals surface area contributed by atoms with Crippen molar-refractivity contribution < 1.29 is 34.1 Å². The largest absolute Gasteiger partial charge is 0.495 e. The summed E-state index contributed by atoms with van der Waals surface area (Å²) in [5.74, 6) is -3.00. The van der Waals surface area contributed by atoms with Gasteiger partial charge in [-0.05, 0) is 6.42 Å². The van der Waals surface area contributed by atoms with Crippen LogP contribution in [0.1, 0.15) is 12.8 Å². The van der Waals surface area contributed by atoms with Crippen LogP contribution in [-0.4, -0.2) is 59.4 Å². The van der Waals surface area contributed by atoms with Gasteiger partial charge in [-0.1, -0.05) is 0 Å². The van der Waals surface area contributed by atoms with Crippen LogP contribution in [0.2, 0.25) is 0 Å². The highest BCUT2D eigenvalue weighted by Gasteiger charge is 2.54. The van der Waals surface area contributed by atoms with Crippen LogP contribution in [0.15, 0.2) is 11.8 Å². The first-order valence-corrected chi connectivity index (χ1v) is 5.48. The summed E-state index contributed by atoms with van der Waals surface area (Å²) in [4.78, 5) is 34.6. The van der Waals surface area contributed by atoms with E-state index in [0.717, 1.165) is 18.1 Å². The number of amides is 1. The van der Waals surface area contributed by atoms with Crippen molar-refractivity contribution in [1.29, 1.82) is 0 Å². The van der Waals surface area contributed by atoms with Gasteiger partial charge < -0.3 is 19.7 Å². The van der Waals surface area contributed by atoms with Gasteiger partial charge in [0.1, 0.15) is 0 Å². The fraction of sp³-hybridized carbons (Fsp3) is 0.545. The molecular formula is C11H15NO7. The van der Waals surface area contributed by atoms with Crippen molar-refractivity contribution in [2.45, 2.75) is 18.6 Å². The average molecular weight is 273 g/mol. The molecule has 0 saturated heterocycles. The molecule has 0 spiro atoms. The molecule has 8 heteroatoms. The average Bonchev–Trinajstić information content (AvgIpc) is 2.62. The lowest BCUT2D eigenvalue weighted by atomic mass is 10.1. The molecule has 0 aliphatic carbocycles. The Morgan fingerprint density at radius 3 is 2.53 bits per heavy atom. The summed E-state index contributed by atoms with van der Waals surface area (Å²) in [7, 11) is 2.26. The van der Waals surface area contributed by atoms with Crippen LogP contribution < -0.4 is 0 Å². The van der Waals surface area contributed by atoms with Crippen molar-refractivity contribution in [3.63, 3.8) is 0 Å². The summed E-state index contributed by atoms with van der Waals surface area (Å²) in [6.07, 6.45) is 0.867. The van der Waals surface area contributed by atoms with Crippen LogP contribution >= 0.6 is 0 Å². The van der Waals surface area contributed by atoms with Crippen molar-refractivity contribution in [1.82, 2.24) is 4.90 Å². The van der Waals surface area contributed by atoms with E-state index in [0.29, 0.717) is 0 Å². The molecule has 1 rings (SSSR count). The lowest BCUT2D eigenvalue weighted by Gasteiger charge is -2.32. The second-order valence-electron chi connectivity index (χ2n) is 3.86. The van der Waals surface area contributed by atoms with Gasteiger partial charge in [0.2, 0.25) is 0 Å². The Morgan fingerprint density at radius 2 is 2.05 bits per heavy atom. The molecule has 0 radical (unpaired) electrons. The number of rotatable bonds is 6. The van der Waals surface area contributed by atoms with Gasteiger partial charge in [0, 0.05) is 19.0 Å². The van der Waals surface area contributed by atoms with E-state index in [-0.39, 0.29) is 25.1 Å². The molecule has 1 amide bonds. The zero-order valence-corrected chi connectivity index (χ0v) is 10.6. The highest BCUT2D eigenvalue weighted by atomic mass is 16.6. The molecular weight excluding hydrogens is 258 g/mol. The van der Waals surface area contributed by atoms with E-state index in [1.807, 2.05) is 0 Å². The lowest BCUT2D eigenvalue weighted by Crippen LogP contribution is -2.55. The van der Waals surface area contributed by atoms with E-state index >= 15 is 0 Å². The van der Waals surface area contributed by atoms with Crippen LogP contribution in [0, 0.1) is 0 Å². The molecule has 19 heavy (non-hydrogen) atoms. The zero-order chi connectivity index (χ0) is 14.6. The zero-order valence-electron chi connectivity index (χ0n) is 10.6. The van der Waals surface area contributed by atoms with Gasteiger partial charge in [-0.15, -0.1) is 0 Å². The van der Waals surface area contributed by atoms with E-state index in [4.69, 9.17) is 9.84 Å². The number of carbonyl (C=O) groups is 3. The molecule has 1 heterocycles. The van der Waals surface area contributed by atoms with Crippen LogP contribution in [0.25, 0.3) is 0 Å². The quantitative estimate of drug-likeness (QED) is 0.602. The van der Waals surface area contributed by atoms with E-state index in [1.54, 1.807) is 0 Å². The molecule has 1 unspecified atom stereocenters. The number of carboxylic acids is 1. The Hall–Kier alpha value is -2.09. The van der Waals surface area contributed by atoms with E-state index in [9.17, 15) is 19.5 Å². The Kier molecular flexibility index (Phi) is 4.49. The SMILES string of the molecule is COC(=O)C1(O)C(OC)=CC(=O)N1CCCC(=O)O. The normalized spacial score (nSPS) is 22.2. The van der Waals surface area contributed by atoms with Crippen LogP contribution in [0.3, 0.4) is 0 Å². The third-order valence-corrected chi connectivity index (χ3v) is 2.72. The first-order chi connectivity index (χ1) is 8.87. The second-order valence-corrected chi connectivity index (χ2v) is 3.86. The summed E-state index contributed by atoms with van der Waals surface area (Å²) >= 11 is 0. The van der Waals surface area contributed by atoms with Gasteiger partial charge in [0.25, 0.3) is 5.91 Å². The number of carboxylic acid groups (broad SMARTS) is 1. The Labute approximate surface area is 109 Å². The lowest BCUT2D eigenvalue weighted by molar-refractivity contribution is -0.184.